The molecule has 1 amide bonds. The van der Waals surface area contributed by atoms with E-state index in [1.54, 1.807) is 6.07 Å². The number of carbonyl (C=O) groups excluding carboxylic acids is 1. The number of benzene rings is 1. The van der Waals surface area contributed by atoms with Gasteiger partial charge in [-0.2, -0.15) is 0 Å². The van der Waals surface area contributed by atoms with E-state index in [1.165, 1.54) is 18.2 Å². The Morgan fingerprint density at radius 2 is 2.06 bits per heavy atom. The Kier molecular flexibility index (Phi) is 3.00. The molecule has 1 aliphatic heterocycles. The molecule has 0 aromatic heterocycles. The van der Waals surface area contributed by atoms with E-state index < -0.39 is 21.8 Å². The van der Waals surface area contributed by atoms with Gasteiger partial charge in [0.2, 0.25) is 0 Å². The lowest BCUT2D eigenvalue weighted by atomic mass is 10.1. The molecule has 18 heavy (non-hydrogen) atoms. The Morgan fingerprint density at radius 1 is 1.33 bits per heavy atom. The predicted molar refractivity (Wildman–Crippen MR) is 69.4 cm³/mol. The highest BCUT2D eigenvalue weighted by molar-refractivity contribution is 7.94. The maximum absolute atomic E-state index is 11.9. The Morgan fingerprint density at radius 3 is 2.61 bits per heavy atom. The monoisotopic (exact) mass is 267 g/mol. The second-order valence-corrected chi connectivity index (χ2v) is 6.02. The van der Waals surface area contributed by atoms with Crippen molar-refractivity contribution in [3.63, 3.8) is 0 Å². The zero-order valence-corrected chi connectivity index (χ0v) is 10.3. The van der Waals surface area contributed by atoms with Crippen molar-refractivity contribution in [2.45, 2.75) is 6.04 Å². The first kappa shape index (κ1) is 12.4. The van der Waals surface area contributed by atoms with Gasteiger partial charge in [0.1, 0.15) is 0 Å². The smallest absolute Gasteiger partial charge is 0.253 e. The van der Waals surface area contributed by atoms with Gasteiger partial charge in [-0.3, -0.25) is 4.79 Å². The molecule has 1 aromatic carbocycles. The van der Waals surface area contributed by atoms with Gasteiger partial charge in [0, 0.05) is 16.8 Å². The molecule has 0 radical (unpaired) electrons. The summed E-state index contributed by atoms with van der Waals surface area (Å²) >= 11 is 0. The summed E-state index contributed by atoms with van der Waals surface area (Å²) in [6, 6.07) is 4.04. The molecule has 0 saturated heterocycles. The number of nitrogen functional groups attached to an aromatic ring is 2. The van der Waals surface area contributed by atoms with Gasteiger partial charge in [-0.1, -0.05) is 0 Å². The van der Waals surface area contributed by atoms with Crippen molar-refractivity contribution in [2.24, 2.45) is 0 Å². The predicted octanol–water partition coefficient (Wildman–Crippen LogP) is -0.108. The molecule has 1 atom stereocenters. The first-order chi connectivity index (χ1) is 8.37. The fourth-order valence-corrected chi connectivity index (χ4v) is 2.94. The van der Waals surface area contributed by atoms with Crippen LogP contribution in [0.2, 0.25) is 0 Å². The fraction of sp³-hybridized carbons (Fsp3) is 0.182. The van der Waals surface area contributed by atoms with E-state index in [0.29, 0.717) is 5.69 Å². The molecule has 0 spiro atoms. The Hall–Kier alpha value is -2.02. The molecule has 96 valence electrons. The normalized spacial score (nSPS) is 20.8. The zero-order chi connectivity index (χ0) is 13.3. The van der Waals surface area contributed by atoms with Crippen molar-refractivity contribution in [1.82, 2.24) is 5.32 Å². The number of rotatable bonds is 2. The van der Waals surface area contributed by atoms with Gasteiger partial charge < -0.3 is 16.8 Å². The zero-order valence-electron chi connectivity index (χ0n) is 9.46. The van der Waals surface area contributed by atoms with E-state index in [1.807, 2.05) is 0 Å². The molecule has 1 unspecified atom stereocenters. The third-order valence-electron chi connectivity index (χ3n) is 2.57. The minimum absolute atomic E-state index is 0.117. The van der Waals surface area contributed by atoms with Crippen molar-refractivity contribution < 1.29 is 13.2 Å². The van der Waals surface area contributed by atoms with Gasteiger partial charge >= 0.3 is 0 Å². The second kappa shape index (κ2) is 4.34. The highest BCUT2D eigenvalue weighted by atomic mass is 32.2. The fourth-order valence-electron chi connectivity index (χ4n) is 1.70. The van der Waals surface area contributed by atoms with Crippen LogP contribution in [0, 0.1) is 0 Å². The Labute approximate surface area is 105 Å². The molecule has 0 fully saturated rings. The van der Waals surface area contributed by atoms with Crippen LogP contribution < -0.4 is 16.8 Å². The summed E-state index contributed by atoms with van der Waals surface area (Å²) < 4.78 is 22.4. The van der Waals surface area contributed by atoms with Crippen LogP contribution >= 0.6 is 0 Å². The standard InChI is InChI=1S/C11H13N3O3S/c12-7-1-2-9(10(13)5-7)11(15)14-8-3-4-18(16,17)6-8/h1-5,8H,6,12-13H2,(H,14,15). The van der Waals surface area contributed by atoms with Crippen LogP contribution in [0.5, 0.6) is 0 Å². The molecule has 2 rings (SSSR count). The largest absolute Gasteiger partial charge is 0.399 e. The van der Waals surface area contributed by atoms with Crippen molar-refractivity contribution in [3.8, 4) is 0 Å². The molecule has 1 heterocycles. The minimum Gasteiger partial charge on any atom is -0.399 e. The van der Waals surface area contributed by atoms with Gasteiger partial charge in [-0.25, -0.2) is 8.42 Å². The van der Waals surface area contributed by atoms with Crippen LogP contribution in [0.4, 0.5) is 11.4 Å². The SMILES string of the molecule is Nc1ccc(C(=O)NC2C=CS(=O)(=O)C2)c(N)c1. The second-order valence-electron chi connectivity index (χ2n) is 4.08. The molecule has 0 bridgehead atoms. The van der Waals surface area contributed by atoms with Crippen molar-refractivity contribution in [2.75, 3.05) is 17.2 Å². The number of amides is 1. The number of nitrogens with one attached hydrogen (secondary N) is 1. The van der Waals surface area contributed by atoms with Crippen LogP contribution in [-0.4, -0.2) is 26.1 Å². The average Bonchev–Trinajstić information content (AvgIpc) is 2.57. The Balaban J connectivity index is 2.12. The molecule has 1 aromatic rings. The van der Waals surface area contributed by atoms with Crippen molar-refractivity contribution in [1.29, 1.82) is 0 Å². The van der Waals surface area contributed by atoms with Gasteiger partial charge in [0.25, 0.3) is 5.91 Å². The number of carbonyl (C=O) groups is 1. The minimum atomic E-state index is -3.19. The molecule has 6 nitrogen and oxygen atoms in total. The topological polar surface area (TPSA) is 115 Å². The molecule has 0 saturated carbocycles. The van der Waals surface area contributed by atoms with Crippen molar-refractivity contribution >= 4 is 27.1 Å². The van der Waals surface area contributed by atoms with E-state index in [0.717, 1.165) is 5.41 Å². The molecule has 0 aliphatic carbocycles. The molecular formula is C11H13N3O3S. The number of hydrogen-bond acceptors (Lipinski definition) is 5. The molecule has 7 heteroatoms. The third-order valence-corrected chi connectivity index (χ3v) is 3.96. The molecular weight excluding hydrogens is 254 g/mol. The third kappa shape index (κ3) is 2.62. The molecule has 1 aliphatic rings. The number of hydrogen-bond donors (Lipinski definition) is 3. The molecule has 5 N–H and O–H groups in total. The number of nitrogens with two attached hydrogens (primary N) is 2. The quantitative estimate of drug-likeness (QED) is 0.647. The van der Waals surface area contributed by atoms with Gasteiger partial charge in [0.15, 0.2) is 9.84 Å². The van der Waals surface area contributed by atoms with Gasteiger partial charge in [-0.05, 0) is 24.3 Å². The van der Waals surface area contributed by atoms with E-state index in [2.05, 4.69) is 5.32 Å². The van der Waals surface area contributed by atoms with E-state index in [4.69, 9.17) is 11.5 Å². The van der Waals surface area contributed by atoms with Crippen LogP contribution in [0.25, 0.3) is 0 Å². The maximum Gasteiger partial charge on any atom is 0.253 e. The highest BCUT2D eigenvalue weighted by Gasteiger charge is 2.23. The summed E-state index contributed by atoms with van der Waals surface area (Å²) in [4.78, 5) is 11.9. The van der Waals surface area contributed by atoms with Crippen LogP contribution in [0.15, 0.2) is 29.7 Å². The summed E-state index contributed by atoms with van der Waals surface area (Å²) in [6.07, 6.45) is 1.45. The first-order valence-corrected chi connectivity index (χ1v) is 6.96. The van der Waals surface area contributed by atoms with E-state index in [9.17, 15) is 13.2 Å². The van der Waals surface area contributed by atoms with Gasteiger partial charge in [-0.15, -0.1) is 0 Å². The summed E-state index contributed by atoms with van der Waals surface area (Å²) in [5, 5.41) is 3.69. The lowest BCUT2D eigenvalue weighted by Gasteiger charge is -2.11. The van der Waals surface area contributed by atoms with E-state index in [-0.39, 0.29) is 17.0 Å². The summed E-state index contributed by atoms with van der Waals surface area (Å²) in [5.74, 6) is -0.535. The van der Waals surface area contributed by atoms with Crippen molar-refractivity contribution in [3.05, 3.63) is 35.2 Å². The average molecular weight is 267 g/mol. The Bertz CT molecular complexity index is 622. The summed E-state index contributed by atoms with van der Waals surface area (Å²) in [6.45, 7) is 0. The number of anilines is 2. The van der Waals surface area contributed by atoms with Gasteiger partial charge in [0.05, 0.1) is 17.4 Å². The first-order valence-electron chi connectivity index (χ1n) is 5.24. The maximum atomic E-state index is 11.9. The highest BCUT2D eigenvalue weighted by Crippen LogP contribution is 2.16. The van der Waals surface area contributed by atoms with Crippen LogP contribution in [0.3, 0.4) is 0 Å². The van der Waals surface area contributed by atoms with Crippen LogP contribution in [0.1, 0.15) is 10.4 Å². The lowest BCUT2D eigenvalue weighted by Crippen LogP contribution is -2.35. The van der Waals surface area contributed by atoms with Crippen LogP contribution in [-0.2, 0) is 9.84 Å². The lowest BCUT2D eigenvalue weighted by molar-refractivity contribution is 0.0948. The summed E-state index contributed by atoms with van der Waals surface area (Å²) in [7, 11) is -3.19. The summed E-state index contributed by atoms with van der Waals surface area (Å²) in [5.41, 5.74) is 12.2. The van der Waals surface area contributed by atoms with E-state index >= 15 is 0 Å². The number of sulfone groups is 1.